The van der Waals surface area contributed by atoms with Crippen LogP contribution in [0.2, 0.25) is 0 Å². The topological polar surface area (TPSA) is 49.4 Å². The maximum atomic E-state index is 11.8. The first-order chi connectivity index (χ1) is 9.79. The first-order valence-corrected chi connectivity index (χ1v) is 7.45. The fourth-order valence-corrected chi connectivity index (χ4v) is 2.45. The Bertz CT molecular complexity index is 558. The van der Waals surface area contributed by atoms with Crippen molar-refractivity contribution >= 4 is 17.5 Å². The molecular weight excluding hydrogens is 264 g/mol. The number of carbonyl (C=O) groups excluding carboxylic acids is 2. The van der Waals surface area contributed by atoms with E-state index < -0.39 is 0 Å². The molecule has 4 nitrogen and oxygen atoms in total. The lowest BCUT2D eigenvalue weighted by atomic mass is 9.95. The molecule has 0 saturated carbocycles. The Morgan fingerprint density at radius 2 is 2.00 bits per heavy atom. The van der Waals surface area contributed by atoms with Gasteiger partial charge in [-0.3, -0.25) is 9.59 Å². The summed E-state index contributed by atoms with van der Waals surface area (Å²) >= 11 is 0. The molecule has 1 aromatic rings. The molecule has 0 aromatic heterocycles. The van der Waals surface area contributed by atoms with Crippen molar-refractivity contribution in [1.29, 1.82) is 0 Å². The van der Waals surface area contributed by atoms with Crippen LogP contribution >= 0.6 is 0 Å². The van der Waals surface area contributed by atoms with Crippen molar-refractivity contribution in [1.82, 2.24) is 5.32 Å². The van der Waals surface area contributed by atoms with E-state index in [4.69, 9.17) is 0 Å². The minimum absolute atomic E-state index is 0.0748. The molecule has 0 radical (unpaired) electrons. The second-order valence-corrected chi connectivity index (χ2v) is 6.67. The first-order valence-electron chi connectivity index (χ1n) is 7.45. The van der Waals surface area contributed by atoms with E-state index in [2.05, 4.69) is 11.4 Å². The number of nitrogens with one attached hydrogen (secondary N) is 1. The van der Waals surface area contributed by atoms with Crippen LogP contribution in [-0.4, -0.2) is 25.4 Å². The summed E-state index contributed by atoms with van der Waals surface area (Å²) in [7, 11) is 1.82. The number of hydrogen-bond donors (Lipinski definition) is 1. The van der Waals surface area contributed by atoms with Crippen molar-refractivity contribution < 1.29 is 9.59 Å². The zero-order valence-electron chi connectivity index (χ0n) is 13.3. The second kappa shape index (κ2) is 5.88. The normalized spacial score (nSPS) is 14.9. The summed E-state index contributed by atoms with van der Waals surface area (Å²) in [6.45, 7) is 6.37. The van der Waals surface area contributed by atoms with Gasteiger partial charge in [-0.15, -0.1) is 0 Å². The molecule has 1 aliphatic heterocycles. The molecule has 1 N–H and O–H groups in total. The lowest BCUT2D eigenvalue weighted by molar-refractivity contribution is -0.128. The molecular formula is C17H24N2O2. The average molecular weight is 288 g/mol. The minimum Gasteiger partial charge on any atom is -0.355 e. The molecule has 0 saturated heterocycles. The highest BCUT2D eigenvalue weighted by Gasteiger charge is 2.22. The maximum absolute atomic E-state index is 11.8. The Labute approximate surface area is 126 Å². The van der Waals surface area contributed by atoms with Gasteiger partial charge >= 0.3 is 0 Å². The van der Waals surface area contributed by atoms with Crippen molar-refractivity contribution in [3.05, 3.63) is 29.3 Å². The standard InChI is InChI=1S/C17H24N2O2/c1-17(2,3)16(21)18-10-9-12-5-7-14-13(11-12)6-8-15(20)19(14)4/h5,7,11H,6,8-10H2,1-4H3,(H,18,21). The van der Waals surface area contributed by atoms with Crippen LogP contribution in [0.5, 0.6) is 0 Å². The maximum Gasteiger partial charge on any atom is 0.227 e. The number of aryl methyl sites for hydroxylation is 1. The van der Waals surface area contributed by atoms with E-state index in [9.17, 15) is 9.59 Å². The van der Waals surface area contributed by atoms with Crippen LogP contribution in [0.15, 0.2) is 18.2 Å². The van der Waals surface area contributed by atoms with Gasteiger partial charge in [0.2, 0.25) is 11.8 Å². The quantitative estimate of drug-likeness (QED) is 0.928. The van der Waals surface area contributed by atoms with Crippen LogP contribution in [0.4, 0.5) is 5.69 Å². The molecule has 2 amide bonds. The molecule has 1 aromatic carbocycles. The minimum atomic E-state index is -0.348. The van der Waals surface area contributed by atoms with E-state index in [0.717, 1.165) is 18.5 Å². The zero-order valence-corrected chi connectivity index (χ0v) is 13.3. The van der Waals surface area contributed by atoms with E-state index in [0.29, 0.717) is 13.0 Å². The molecule has 0 bridgehead atoms. The summed E-state index contributed by atoms with van der Waals surface area (Å²) in [5, 5.41) is 2.96. The van der Waals surface area contributed by atoms with Crippen LogP contribution in [-0.2, 0) is 22.4 Å². The number of carbonyl (C=O) groups is 2. The van der Waals surface area contributed by atoms with Gasteiger partial charge < -0.3 is 10.2 Å². The Balaban J connectivity index is 1.97. The molecule has 0 spiro atoms. The SMILES string of the molecule is CN1C(=O)CCc2cc(CCNC(=O)C(C)(C)C)ccc21. The number of benzene rings is 1. The molecule has 114 valence electrons. The number of hydrogen-bond acceptors (Lipinski definition) is 2. The third-order valence-corrected chi connectivity index (χ3v) is 3.87. The highest BCUT2D eigenvalue weighted by Crippen LogP contribution is 2.27. The van der Waals surface area contributed by atoms with Gasteiger partial charge in [0.15, 0.2) is 0 Å². The van der Waals surface area contributed by atoms with Crippen LogP contribution in [0.3, 0.4) is 0 Å². The van der Waals surface area contributed by atoms with Gasteiger partial charge in [0.05, 0.1) is 0 Å². The average Bonchev–Trinajstić information content (AvgIpc) is 2.42. The van der Waals surface area contributed by atoms with Crippen molar-refractivity contribution in [2.45, 2.75) is 40.0 Å². The number of nitrogens with zero attached hydrogens (tertiary/aromatic N) is 1. The lowest BCUT2D eigenvalue weighted by Gasteiger charge is -2.26. The molecule has 21 heavy (non-hydrogen) atoms. The summed E-state index contributed by atoms with van der Waals surface area (Å²) < 4.78 is 0. The highest BCUT2D eigenvalue weighted by atomic mass is 16.2. The van der Waals surface area contributed by atoms with Gasteiger partial charge in [0, 0.05) is 31.1 Å². The summed E-state index contributed by atoms with van der Waals surface area (Å²) in [4.78, 5) is 25.2. The largest absolute Gasteiger partial charge is 0.355 e. The van der Waals surface area contributed by atoms with E-state index in [-0.39, 0.29) is 17.2 Å². The number of fused-ring (bicyclic) bond motifs is 1. The number of amides is 2. The monoisotopic (exact) mass is 288 g/mol. The molecule has 0 atom stereocenters. The van der Waals surface area contributed by atoms with Crippen molar-refractivity contribution in [2.24, 2.45) is 5.41 Å². The summed E-state index contributed by atoms with van der Waals surface area (Å²) in [6.07, 6.45) is 2.20. The van der Waals surface area contributed by atoms with E-state index >= 15 is 0 Å². The van der Waals surface area contributed by atoms with Gasteiger partial charge in [0.1, 0.15) is 0 Å². The van der Waals surface area contributed by atoms with Crippen LogP contribution in [0.25, 0.3) is 0 Å². The Morgan fingerprint density at radius 1 is 1.29 bits per heavy atom. The smallest absolute Gasteiger partial charge is 0.227 e. The molecule has 4 heteroatoms. The molecule has 0 fully saturated rings. The third-order valence-electron chi connectivity index (χ3n) is 3.87. The number of rotatable bonds is 3. The predicted molar refractivity (Wildman–Crippen MR) is 84.3 cm³/mol. The second-order valence-electron chi connectivity index (χ2n) is 6.67. The van der Waals surface area contributed by atoms with Gasteiger partial charge in [0.25, 0.3) is 0 Å². The summed E-state index contributed by atoms with van der Waals surface area (Å²) in [5.41, 5.74) is 3.08. The van der Waals surface area contributed by atoms with Crippen molar-refractivity contribution in [3.8, 4) is 0 Å². The number of anilines is 1. The van der Waals surface area contributed by atoms with Crippen LogP contribution in [0.1, 0.15) is 38.3 Å². The fourth-order valence-electron chi connectivity index (χ4n) is 2.45. The zero-order chi connectivity index (χ0) is 15.6. The molecule has 1 aliphatic rings. The highest BCUT2D eigenvalue weighted by molar-refractivity contribution is 5.95. The lowest BCUT2D eigenvalue weighted by Crippen LogP contribution is -2.36. The Hall–Kier alpha value is -1.84. The third kappa shape index (κ3) is 3.63. The molecule has 0 aliphatic carbocycles. The molecule has 0 unspecified atom stereocenters. The first kappa shape index (κ1) is 15.5. The molecule has 2 rings (SSSR count). The van der Waals surface area contributed by atoms with Crippen molar-refractivity contribution in [2.75, 3.05) is 18.5 Å². The van der Waals surface area contributed by atoms with Gasteiger partial charge in [-0.1, -0.05) is 32.9 Å². The van der Waals surface area contributed by atoms with Crippen LogP contribution < -0.4 is 10.2 Å². The van der Waals surface area contributed by atoms with Gasteiger partial charge in [-0.2, -0.15) is 0 Å². The van der Waals surface area contributed by atoms with Crippen molar-refractivity contribution in [3.63, 3.8) is 0 Å². The summed E-state index contributed by atoms with van der Waals surface area (Å²) in [6, 6.07) is 6.20. The fraction of sp³-hybridized carbons (Fsp3) is 0.529. The van der Waals surface area contributed by atoms with Crippen LogP contribution in [0, 0.1) is 5.41 Å². The van der Waals surface area contributed by atoms with E-state index in [1.165, 1.54) is 11.1 Å². The summed E-state index contributed by atoms with van der Waals surface area (Å²) in [5.74, 6) is 0.249. The van der Waals surface area contributed by atoms with E-state index in [1.54, 1.807) is 4.90 Å². The van der Waals surface area contributed by atoms with Gasteiger partial charge in [-0.25, -0.2) is 0 Å². The molecule has 1 heterocycles. The Morgan fingerprint density at radius 3 is 2.67 bits per heavy atom. The van der Waals surface area contributed by atoms with Gasteiger partial charge in [-0.05, 0) is 30.0 Å². The predicted octanol–water partition coefficient (Wildman–Crippen LogP) is 2.30. The Kier molecular flexibility index (Phi) is 4.35. The van der Waals surface area contributed by atoms with E-state index in [1.807, 2.05) is 40.0 Å².